The first-order valence-corrected chi connectivity index (χ1v) is 5.82. The van der Waals surface area contributed by atoms with E-state index < -0.39 is 17.5 Å². The molecule has 0 aromatic heterocycles. The molecule has 0 spiro atoms. The first-order chi connectivity index (χ1) is 6.76. The third kappa shape index (κ3) is 1.65. The highest BCUT2D eigenvalue weighted by Gasteiger charge is 2.58. The van der Waals surface area contributed by atoms with Gasteiger partial charge in [-0.1, -0.05) is 0 Å². The largest absolute Gasteiger partial charge is 0.382 e. The SMILES string of the molecule is CC1(C)O[C@@H]2C=C(I)C(=O)[C@@H](O)[C@]2(C)O1. The van der Waals surface area contributed by atoms with Crippen molar-refractivity contribution in [3.8, 4) is 0 Å². The van der Waals surface area contributed by atoms with Gasteiger partial charge in [0.2, 0.25) is 0 Å². The average Bonchev–Trinajstić information content (AvgIpc) is 2.33. The summed E-state index contributed by atoms with van der Waals surface area (Å²) >= 11 is 1.91. The van der Waals surface area contributed by atoms with Gasteiger partial charge in [-0.3, -0.25) is 4.79 Å². The Kier molecular flexibility index (Phi) is 2.50. The van der Waals surface area contributed by atoms with Crippen molar-refractivity contribution in [2.24, 2.45) is 0 Å². The smallest absolute Gasteiger partial charge is 0.200 e. The minimum atomic E-state index is -1.15. The average molecular weight is 324 g/mol. The molecule has 0 unspecified atom stereocenters. The van der Waals surface area contributed by atoms with E-state index in [0.29, 0.717) is 3.58 Å². The van der Waals surface area contributed by atoms with Gasteiger partial charge < -0.3 is 14.6 Å². The predicted octanol–water partition coefficient (Wildman–Crippen LogP) is 1.16. The lowest BCUT2D eigenvalue weighted by atomic mass is 9.85. The number of ketones is 1. The Bertz CT molecular complexity index is 349. The summed E-state index contributed by atoms with van der Waals surface area (Å²) in [4.78, 5) is 11.6. The summed E-state index contributed by atoms with van der Waals surface area (Å²) in [6, 6.07) is 0. The fourth-order valence-electron chi connectivity index (χ4n) is 2.05. The lowest BCUT2D eigenvalue weighted by Gasteiger charge is -2.34. The summed E-state index contributed by atoms with van der Waals surface area (Å²) in [7, 11) is 0. The summed E-state index contributed by atoms with van der Waals surface area (Å²) in [6.45, 7) is 5.25. The van der Waals surface area contributed by atoms with Crippen LogP contribution in [0.2, 0.25) is 0 Å². The Morgan fingerprint density at radius 2 is 2.07 bits per heavy atom. The minimum Gasteiger partial charge on any atom is -0.382 e. The first kappa shape index (κ1) is 11.5. The van der Waals surface area contributed by atoms with Crippen molar-refractivity contribution in [3.63, 3.8) is 0 Å². The molecule has 1 heterocycles. The summed E-state index contributed by atoms with van der Waals surface area (Å²) in [5.74, 6) is -1.06. The number of fused-ring (bicyclic) bond motifs is 1. The zero-order valence-corrected chi connectivity index (χ0v) is 10.9. The maximum absolute atomic E-state index is 11.6. The number of hydrogen-bond donors (Lipinski definition) is 1. The van der Waals surface area contributed by atoms with Crippen LogP contribution in [0.4, 0.5) is 0 Å². The third-order valence-electron chi connectivity index (χ3n) is 2.77. The summed E-state index contributed by atoms with van der Waals surface area (Å²) < 4.78 is 11.8. The predicted molar refractivity (Wildman–Crippen MR) is 61.6 cm³/mol. The van der Waals surface area contributed by atoms with E-state index >= 15 is 0 Å². The first-order valence-electron chi connectivity index (χ1n) is 4.74. The number of aliphatic hydroxyl groups excluding tert-OH is 1. The van der Waals surface area contributed by atoms with Crippen LogP contribution >= 0.6 is 22.6 Å². The van der Waals surface area contributed by atoms with Gasteiger partial charge in [0, 0.05) is 0 Å². The van der Waals surface area contributed by atoms with Crippen LogP contribution in [0.5, 0.6) is 0 Å². The molecule has 1 fully saturated rings. The Morgan fingerprint density at radius 1 is 1.47 bits per heavy atom. The van der Waals surface area contributed by atoms with Crippen LogP contribution in [0.15, 0.2) is 9.66 Å². The molecular formula is C10H13IO4. The molecule has 0 aromatic carbocycles. The number of carbonyl (C=O) groups excluding carboxylic acids is 1. The van der Waals surface area contributed by atoms with Crippen LogP contribution in [-0.2, 0) is 14.3 Å². The molecule has 1 saturated heterocycles. The van der Waals surface area contributed by atoms with Crippen LogP contribution in [0.3, 0.4) is 0 Å². The molecule has 0 amide bonds. The maximum atomic E-state index is 11.6. The van der Waals surface area contributed by atoms with Crippen molar-refractivity contribution >= 4 is 28.4 Å². The second-order valence-electron chi connectivity index (χ2n) is 4.51. The highest BCUT2D eigenvalue weighted by Crippen LogP contribution is 2.43. The molecule has 1 aliphatic heterocycles. The lowest BCUT2D eigenvalue weighted by molar-refractivity contribution is -0.180. The molecule has 5 heteroatoms. The summed E-state index contributed by atoms with van der Waals surface area (Å²) in [5, 5.41) is 9.91. The molecular weight excluding hydrogens is 311 g/mol. The molecule has 4 nitrogen and oxygen atoms in total. The monoisotopic (exact) mass is 324 g/mol. The third-order valence-corrected chi connectivity index (χ3v) is 3.66. The molecule has 0 radical (unpaired) electrons. The van der Waals surface area contributed by atoms with E-state index in [1.54, 1.807) is 26.8 Å². The molecule has 2 aliphatic rings. The number of carbonyl (C=O) groups is 1. The van der Waals surface area contributed by atoms with Crippen LogP contribution in [0.1, 0.15) is 20.8 Å². The standard InChI is InChI=1S/C10H13IO4/c1-9(2)14-6-4-5(11)7(12)8(13)10(6,3)15-9/h4,6,8,13H,1-3H3/t6-,8-,10-/m1/s1. The number of aliphatic hydroxyl groups is 1. The van der Waals surface area contributed by atoms with E-state index in [9.17, 15) is 9.90 Å². The molecule has 3 atom stereocenters. The van der Waals surface area contributed by atoms with Gasteiger partial charge in [-0.25, -0.2) is 0 Å². The zero-order chi connectivity index (χ0) is 11.4. The fourth-order valence-corrected chi connectivity index (χ4v) is 2.67. The number of hydrogen-bond acceptors (Lipinski definition) is 4. The van der Waals surface area contributed by atoms with Crippen LogP contribution < -0.4 is 0 Å². The lowest BCUT2D eigenvalue weighted by Crippen LogP contribution is -2.54. The fraction of sp³-hybridized carbons (Fsp3) is 0.700. The van der Waals surface area contributed by atoms with Crippen molar-refractivity contribution < 1.29 is 19.4 Å². The zero-order valence-electron chi connectivity index (χ0n) is 8.78. The van der Waals surface area contributed by atoms with Crippen LogP contribution in [-0.4, -0.2) is 34.5 Å². The van der Waals surface area contributed by atoms with Gasteiger partial charge in [-0.05, 0) is 49.4 Å². The van der Waals surface area contributed by atoms with E-state index in [2.05, 4.69) is 0 Å². The van der Waals surface area contributed by atoms with Crippen molar-refractivity contribution in [1.29, 1.82) is 0 Å². The Balaban J connectivity index is 2.43. The van der Waals surface area contributed by atoms with E-state index in [1.807, 2.05) is 22.6 Å². The van der Waals surface area contributed by atoms with Gasteiger partial charge in [0.05, 0.1) is 3.58 Å². The van der Waals surface area contributed by atoms with Gasteiger partial charge in [-0.2, -0.15) is 0 Å². The van der Waals surface area contributed by atoms with Crippen LogP contribution in [0.25, 0.3) is 0 Å². The highest BCUT2D eigenvalue weighted by atomic mass is 127. The number of rotatable bonds is 0. The van der Waals surface area contributed by atoms with Gasteiger partial charge in [0.1, 0.15) is 17.8 Å². The minimum absolute atomic E-state index is 0.296. The number of halogens is 1. The van der Waals surface area contributed by atoms with E-state index in [0.717, 1.165) is 0 Å². The molecule has 0 saturated carbocycles. The molecule has 84 valence electrons. The summed E-state index contributed by atoms with van der Waals surface area (Å²) in [5.41, 5.74) is -0.963. The van der Waals surface area contributed by atoms with Gasteiger partial charge >= 0.3 is 0 Å². The van der Waals surface area contributed by atoms with Crippen molar-refractivity contribution in [2.45, 2.75) is 44.4 Å². The van der Waals surface area contributed by atoms with E-state index in [1.165, 1.54) is 0 Å². The Hall–Kier alpha value is 0.0200. The van der Waals surface area contributed by atoms with E-state index in [-0.39, 0.29) is 11.9 Å². The van der Waals surface area contributed by atoms with Gasteiger partial charge in [0.15, 0.2) is 11.6 Å². The molecule has 0 aromatic rings. The van der Waals surface area contributed by atoms with Gasteiger partial charge in [-0.15, -0.1) is 0 Å². The molecule has 0 bridgehead atoms. The normalized spacial score (nSPS) is 43.8. The van der Waals surface area contributed by atoms with E-state index in [4.69, 9.17) is 9.47 Å². The van der Waals surface area contributed by atoms with Crippen LogP contribution in [0, 0.1) is 0 Å². The van der Waals surface area contributed by atoms with Crippen molar-refractivity contribution in [3.05, 3.63) is 9.66 Å². The second kappa shape index (κ2) is 3.26. The molecule has 1 aliphatic carbocycles. The van der Waals surface area contributed by atoms with Crippen molar-refractivity contribution in [2.75, 3.05) is 0 Å². The van der Waals surface area contributed by atoms with Gasteiger partial charge in [0.25, 0.3) is 0 Å². The molecule has 2 rings (SSSR count). The quantitative estimate of drug-likeness (QED) is 0.680. The summed E-state index contributed by atoms with van der Waals surface area (Å²) in [6.07, 6.45) is 0.193. The number of Topliss-reactive ketones (excluding diaryl/α,β-unsaturated/α-hetero) is 1. The Morgan fingerprint density at radius 3 is 2.67 bits per heavy atom. The second-order valence-corrected chi connectivity index (χ2v) is 5.67. The molecule has 1 N–H and O–H groups in total. The Labute approximate surface area is 102 Å². The topological polar surface area (TPSA) is 55.8 Å². The number of ether oxygens (including phenoxy) is 2. The van der Waals surface area contributed by atoms with Crippen molar-refractivity contribution in [1.82, 2.24) is 0 Å². The molecule has 15 heavy (non-hydrogen) atoms. The highest BCUT2D eigenvalue weighted by molar-refractivity contribution is 14.1. The maximum Gasteiger partial charge on any atom is 0.200 e.